The summed E-state index contributed by atoms with van der Waals surface area (Å²) >= 11 is 0. The van der Waals surface area contributed by atoms with Gasteiger partial charge in [-0.05, 0) is 119 Å². The predicted molar refractivity (Wildman–Crippen MR) is 259 cm³/mol. The topological polar surface area (TPSA) is 25.8 Å². The van der Waals surface area contributed by atoms with Crippen LogP contribution >= 0.6 is 0 Å². The second-order valence-corrected chi connectivity index (χ2v) is 18.2. The summed E-state index contributed by atoms with van der Waals surface area (Å²) in [5.41, 5.74) is 20.5. The molecule has 0 aliphatic heterocycles. The van der Waals surface area contributed by atoms with Crippen molar-refractivity contribution in [3.63, 3.8) is 0 Å². The van der Waals surface area contributed by atoms with Gasteiger partial charge in [0.2, 0.25) is 0 Å². The summed E-state index contributed by atoms with van der Waals surface area (Å²) in [6.45, 7) is 9.42. The number of hydrogen-bond donors (Lipinski definition) is 0. The van der Waals surface area contributed by atoms with E-state index in [0.29, 0.717) is 0 Å². The van der Waals surface area contributed by atoms with Gasteiger partial charge in [-0.1, -0.05) is 191 Å². The standard InChI is InChI=1S/C60H44N2/c1-59(2)52-23-13-21-49(56(52)50-34-40-16-8-9-17-41(40)35-53(50)59)55-36-54(61-58(62-55)39-14-6-5-7-15-39)45-31-30-43-32-42(28-29-44(43)33-45)37-24-26-38(27-25-37)46-19-12-20-48-47-18-10-11-22-51(47)60(3,4)57(46)48/h5-36H,1-4H3. The van der Waals surface area contributed by atoms with Crippen LogP contribution in [0.2, 0.25) is 0 Å². The van der Waals surface area contributed by atoms with E-state index in [0.717, 1.165) is 33.9 Å². The van der Waals surface area contributed by atoms with E-state index in [1.165, 1.54) is 88.3 Å². The molecule has 1 aromatic heterocycles. The zero-order valence-electron chi connectivity index (χ0n) is 35.4. The molecule has 0 fully saturated rings. The molecule has 2 heteroatoms. The molecule has 1 heterocycles. The summed E-state index contributed by atoms with van der Waals surface area (Å²) in [4.78, 5) is 10.6. The van der Waals surface area contributed by atoms with E-state index in [1.807, 2.05) is 6.07 Å². The molecule has 0 N–H and O–H groups in total. The number of benzene rings is 9. The largest absolute Gasteiger partial charge is 0.228 e. The van der Waals surface area contributed by atoms with Gasteiger partial charge in [0.15, 0.2) is 5.82 Å². The van der Waals surface area contributed by atoms with Crippen molar-refractivity contribution < 1.29 is 0 Å². The first-order valence-corrected chi connectivity index (χ1v) is 21.7. The Hall–Kier alpha value is -7.42. The molecule has 0 saturated heterocycles. The van der Waals surface area contributed by atoms with Gasteiger partial charge in [0.1, 0.15) is 0 Å². The molecule has 0 radical (unpaired) electrons. The van der Waals surface area contributed by atoms with Crippen LogP contribution in [0, 0.1) is 0 Å². The molecule has 0 bridgehead atoms. The molecule has 62 heavy (non-hydrogen) atoms. The van der Waals surface area contributed by atoms with Crippen LogP contribution in [0.4, 0.5) is 0 Å². The Kier molecular flexibility index (Phi) is 7.96. The Morgan fingerprint density at radius 3 is 1.68 bits per heavy atom. The molecule has 2 aliphatic rings. The van der Waals surface area contributed by atoms with Crippen LogP contribution in [-0.2, 0) is 10.8 Å². The Morgan fingerprint density at radius 2 is 0.871 bits per heavy atom. The van der Waals surface area contributed by atoms with Crippen molar-refractivity contribution in [1.82, 2.24) is 9.97 Å². The summed E-state index contributed by atoms with van der Waals surface area (Å²) in [6, 6.07) is 71.0. The molecule has 0 spiro atoms. The molecule has 10 aromatic rings. The van der Waals surface area contributed by atoms with Crippen molar-refractivity contribution in [3.05, 3.63) is 216 Å². The fraction of sp³-hybridized carbons (Fsp3) is 0.100. The highest BCUT2D eigenvalue weighted by Gasteiger charge is 2.38. The minimum absolute atomic E-state index is 0.0600. The molecule has 294 valence electrons. The van der Waals surface area contributed by atoms with Crippen LogP contribution in [0.3, 0.4) is 0 Å². The molecule has 9 aromatic carbocycles. The van der Waals surface area contributed by atoms with E-state index >= 15 is 0 Å². The SMILES string of the molecule is CC1(C)c2cc3ccccc3cc2-c2c(-c3cc(-c4ccc5cc(-c6ccc(-c7cccc8c7C(C)(C)c7ccccc7-8)cc6)ccc5c4)nc(-c4ccccc4)n3)cccc21. The summed E-state index contributed by atoms with van der Waals surface area (Å²) < 4.78 is 0. The predicted octanol–water partition coefficient (Wildman–Crippen LogP) is 15.7. The zero-order chi connectivity index (χ0) is 41.7. The highest BCUT2D eigenvalue weighted by molar-refractivity contribution is 5.99. The van der Waals surface area contributed by atoms with Crippen LogP contribution in [0.25, 0.3) is 100.0 Å². The summed E-state index contributed by atoms with van der Waals surface area (Å²) in [5, 5.41) is 4.89. The van der Waals surface area contributed by atoms with Crippen molar-refractivity contribution in [1.29, 1.82) is 0 Å². The maximum atomic E-state index is 5.32. The normalized spacial score (nSPS) is 14.1. The number of rotatable bonds is 5. The average Bonchev–Trinajstić information content (AvgIpc) is 3.69. The van der Waals surface area contributed by atoms with Crippen LogP contribution in [-0.4, -0.2) is 9.97 Å². The van der Waals surface area contributed by atoms with E-state index in [1.54, 1.807) is 0 Å². The van der Waals surface area contributed by atoms with Crippen molar-refractivity contribution in [2.45, 2.75) is 38.5 Å². The van der Waals surface area contributed by atoms with E-state index in [-0.39, 0.29) is 10.8 Å². The summed E-state index contributed by atoms with van der Waals surface area (Å²) in [7, 11) is 0. The first-order valence-electron chi connectivity index (χ1n) is 21.7. The lowest BCUT2D eigenvalue weighted by molar-refractivity contribution is 0.661. The molecule has 0 unspecified atom stereocenters. The van der Waals surface area contributed by atoms with Crippen molar-refractivity contribution in [3.8, 4) is 78.4 Å². The number of aromatic nitrogens is 2. The van der Waals surface area contributed by atoms with Gasteiger partial charge >= 0.3 is 0 Å². The first kappa shape index (κ1) is 36.4. The summed E-state index contributed by atoms with van der Waals surface area (Å²) in [5.74, 6) is 0.721. The molecular weight excluding hydrogens is 749 g/mol. The van der Waals surface area contributed by atoms with Crippen molar-refractivity contribution in [2.24, 2.45) is 0 Å². The number of hydrogen-bond acceptors (Lipinski definition) is 2. The van der Waals surface area contributed by atoms with Crippen LogP contribution in [0.15, 0.2) is 194 Å². The second kappa shape index (κ2) is 13.5. The van der Waals surface area contributed by atoms with Crippen LogP contribution in [0.1, 0.15) is 49.9 Å². The van der Waals surface area contributed by atoms with E-state index < -0.39 is 0 Å². The van der Waals surface area contributed by atoms with Crippen LogP contribution in [0.5, 0.6) is 0 Å². The fourth-order valence-electron chi connectivity index (χ4n) is 10.7. The molecule has 0 amide bonds. The molecule has 0 saturated carbocycles. The lowest BCUT2D eigenvalue weighted by atomic mass is 9.79. The highest BCUT2D eigenvalue weighted by atomic mass is 14.9. The van der Waals surface area contributed by atoms with Crippen molar-refractivity contribution >= 4 is 21.5 Å². The van der Waals surface area contributed by atoms with Gasteiger partial charge in [0.05, 0.1) is 11.4 Å². The first-order chi connectivity index (χ1) is 30.2. The van der Waals surface area contributed by atoms with E-state index in [4.69, 9.17) is 9.97 Å². The molecule has 12 rings (SSSR count). The smallest absolute Gasteiger partial charge is 0.160 e. The Labute approximate surface area is 363 Å². The fourth-order valence-corrected chi connectivity index (χ4v) is 10.7. The van der Waals surface area contributed by atoms with Gasteiger partial charge in [0, 0.05) is 27.5 Å². The molecule has 0 atom stereocenters. The Morgan fingerprint density at radius 1 is 0.306 bits per heavy atom. The van der Waals surface area contributed by atoms with Gasteiger partial charge < -0.3 is 0 Å². The minimum Gasteiger partial charge on any atom is -0.228 e. The Bertz CT molecular complexity index is 3450. The molecule has 2 nitrogen and oxygen atoms in total. The van der Waals surface area contributed by atoms with Gasteiger partial charge in [-0.15, -0.1) is 0 Å². The van der Waals surface area contributed by atoms with Crippen molar-refractivity contribution in [2.75, 3.05) is 0 Å². The third-order valence-electron chi connectivity index (χ3n) is 13.8. The maximum absolute atomic E-state index is 5.32. The maximum Gasteiger partial charge on any atom is 0.160 e. The van der Waals surface area contributed by atoms with Gasteiger partial charge in [-0.2, -0.15) is 0 Å². The zero-order valence-corrected chi connectivity index (χ0v) is 35.4. The van der Waals surface area contributed by atoms with Crippen LogP contribution < -0.4 is 0 Å². The Balaban J connectivity index is 0.919. The monoisotopic (exact) mass is 792 g/mol. The average molecular weight is 793 g/mol. The lowest BCUT2D eigenvalue weighted by Crippen LogP contribution is -2.16. The highest BCUT2D eigenvalue weighted by Crippen LogP contribution is 2.54. The number of nitrogens with zero attached hydrogens (tertiary/aromatic N) is 2. The minimum atomic E-state index is -0.144. The van der Waals surface area contributed by atoms with E-state index in [9.17, 15) is 0 Å². The third-order valence-corrected chi connectivity index (χ3v) is 13.8. The van der Waals surface area contributed by atoms with Gasteiger partial charge in [-0.3, -0.25) is 0 Å². The van der Waals surface area contributed by atoms with E-state index in [2.05, 4.69) is 216 Å². The third kappa shape index (κ3) is 5.56. The van der Waals surface area contributed by atoms with Gasteiger partial charge in [0.25, 0.3) is 0 Å². The quantitative estimate of drug-likeness (QED) is 0.173. The molecule has 2 aliphatic carbocycles. The second-order valence-electron chi connectivity index (χ2n) is 18.2. The summed E-state index contributed by atoms with van der Waals surface area (Å²) in [6.07, 6.45) is 0. The lowest BCUT2D eigenvalue weighted by Gasteiger charge is -2.24. The molecular formula is C60H44N2. The number of fused-ring (bicyclic) bond motifs is 8. The van der Waals surface area contributed by atoms with Gasteiger partial charge in [-0.25, -0.2) is 9.97 Å².